The highest BCUT2D eigenvalue weighted by atomic mass is 19.4. The predicted molar refractivity (Wildman–Crippen MR) is 152 cm³/mol. The molecule has 10 heteroatoms. The summed E-state index contributed by atoms with van der Waals surface area (Å²) in [5.41, 5.74) is -5.78. The zero-order chi connectivity index (χ0) is 31.4. The lowest BCUT2D eigenvalue weighted by Gasteiger charge is -2.39. The molecule has 2 aliphatic rings. The second-order valence-corrected chi connectivity index (χ2v) is 10.5. The van der Waals surface area contributed by atoms with Crippen molar-refractivity contribution in [2.45, 2.75) is 55.7 Å². The molecule has 2 saturated heterocycles. The zero-order valence-electron chi connectivity index (χ0n) is 23.7. The van der Waals surface area contributed by atoms with E-state index in [-0.39, 0.29) is 84.9 Å². The number of hydrogen-bond donors (Lipinski definition) is 0. The topological polar surface area (TPSA) is 43.5 Å². The first-order chi connectivity index (χ1) is 20.4. The third-order valence-electron chi connectivity index (χ3n) is 7.29. The molecule has 4 rings (SSSR count). The molecule has 0 saturated carbocycles. The van der Waals surface area contributed by atoms with Crippen molar-refractivity contribution in [2.24, 2.45) is 0 Å². The standard InChI is InChI=1S/C33H34F6O4/c1-5-9-21-13-25(14-22(10-6-2)29(21)42-19-27-17-40-27)31(32(34,35)36,33(37,38)39)26-15-23(11-7-3)30(24(16-26)12-8-4)43-20-28-18-41-28/h5-8,13-16,27-28H,1-4,9-12,17-20H2. The molecule has 4 nitrogen and oxygen atoms in total. The molecular formula is C33H34F6O4. The largest absolute Gasteiger partial charge is 0.490 e. The van der Waals surface area contributed by atoms with Crippen LogP contribution in [0.5, 0.6) is 11.5 Å². The van der Waals surface area contributed by atoms with Gasteiger partial charge in [-0.05, 0) is 59.1 Å². The molecule has 232 valence electrons. The molecule has 43 heavy (non-hydrogen) atoms. The molecule has 0 spiro atoms. The minimum absolute atomic E-state index is 0.0237. The first kappa shape index (κ1) is 32.4. The number of benzene rings is 2. The predicted octanol–water partition coefficient (Wildman–Crippen LogP) is 7.57. The van der Waals surface area contributed by atoms with Crippen molar-refractivity contribution in [3.8, 4) is 11.5 Å². The minimum Gasteiger partial charge on any atom is -0.490 e. The maximum absolute atomic E-state index is 15.3. The number of halogens is 6. The van der Waals surface area contributed by atoms with Gasteiger partial charge in [-0.2, -0.15) is 26.3 Å². The van der Waals surface area contributed by atoms with Gasteiger partial charge in [-0.25, -0.2) is 0 Å². The maximum atomic E-state index is 15.3. The van der Waals surface area contributed by atoms with Gasteiger partial charge in [0.15, 0.2) is 0 Å². The lowest BCUT2D eigenvalue weighted by atomic mass is 9.70. The van der Waals surface area contributed by atoms with E-state index < -0.39 is 28.9 Å². The van der Waals surface area contributed by atoms with Crippen LogP contribution in [0.1, 0.15) is 33.4 Å². The summed E-state index contributed by atoms with van der Waals surface area (Å²) < 4.78 is 114. The van der Waals surface area contributed by atoms with Gasteiger partial charge < -0.3 is 18.9 Å². The van der Waals surface area contributed by atoms with Gasteiger partial charge in [0, 0.05) is 0 Å². The summed E-state index contributed by atoms with van der Waals surface area (Å²) in [7, 11) is 0. The summed E-state index contributed by atoms with van der Waals surface area (Å²) in [6.45, 7) is 15.7. The fourth-order valence-corrected chi connectivity index (χ4v) is 5.20. The summed E-state index contributed by atoms with van der Waals surface area (Å²) in [6.07, 6.45) is -6.45. The quantitative estimate of drug-likeness (QED) is 0.112. The fraction of sp³-hybridized carbons (Fsp3) is 0.394. The number of alkyl halides is 6. The lowest BCUT2D eigenvalue weighted by Crippen LogP contribution is -2.55. The van der Waals surface area contributed by atoms with E-state index >= 15 is 26.3 Å². The monoisotopic (exact) mass is 608 g/mol. The van der Waals surface area contributed by atoms with Gasteiger partial charge in [0.25, 0.3) is 0 Å². The molecule has 2 heterocycles. The molecular weight excluding hydrogens is 574 g/mol. The molecule has 0 amide bonds. The molecule has 2 fully saturated rings. The molecule has 0 N–H and O–H groups in total. The van der Waals surface area contributed by atoms with E-state index in [1.165, 1.54) is 24.3 Å². The van der Waals surface area contributed by atoms with Gasteiger partial charge in [-0.1, -0.05) is 48.6 Å². The Bertz CT molecular complexity index is 1190. The van der Waals surface area contributed by atoms with Crippen LogP contribution in [0.2, 0.25) is 0 Å². The Balaban J connectivity index is 2.03. The summed E-state index contributed by atoms with van der Waals surface area (Å²) in [5, 5.41) is 0. The van der Waals surface area contributed by atoms with Crippen molar-refractivity contribution in [2.75, 3.05) is 26.4 Å². The number of epoxide rings is 2. The highest BCUT2D eigenvalue weighted by Gasteiger charge is 2.72. The molecule has 0 aliphatic carbocycles. The van der Waals surface area contributed by atoms with Gasteiger partial charge in [0.05, 0.1) is 13.2 Å². The molecule has 2 unspecified atom stereocenters. The summed E-state index contributed by atoms with van der Waals surface area (Å²) in [6, 6.07) is 3.70. The van der Waals surface area contributed by atoms with E-state index in [1.807, 2.05) is 0 Å². The molecule has 0 radical (unpaired) electrons. The Morgan fingerprint density at radius 1 is 0.605 bits per heavy atom. The Kier molecular flexibility index (Phi) is 9.81. The minimum atomic E-state index is -5.80. The van der Waals surface area contributed by atoms with E-state index in [9.17, 15) is 0 Å². The van der Waals surface area contributed by atoms with Crippen LogP contribution < -0.4 is 9.47 Å². The molecule has 0 aromatic heterocycles. The van der Waals surface area contributed by atoms with Crippen LogP contribution in [0.25, 0.3) is 0 Å². The van der Waals surface area contributed by atoms with Gasteiger partial charge in [-0.15, -0.1) is 26.3 Å². The Morgan fingerprint density at radius 3 is 1.09 bits per heavy atom. The van der Waals surface area contributed by atoms with Crippen molar-refractivity contribution in [1.82, 2.24) is 0 Å². The first-order valence-corrected chi connectivity index (χ1v) is 13.8. The van der Waals surface area contributed by atoms with Crippen LogP contribution in [-0.2, 0) is 40.6 Å². The van der Waals surface area contributed by atoms with Crippen LogP contribution in [0.3, 0.4) is 0 Å². The van der Waals surface area contributed by atoms with Crippen LogP contribution >= 0.6 is 0 Å². The number of ether oxygens (including phenoxy) is 4. The Labute approximate surface area is 247 Å². The zero-order valence-corrected chi connectivity index (χ0v) is 23.7. The third kappa shape index (κ3) is 6.86. The van der Waals surface area contributed by atoms with E-state index in [1.54, 1.807) is 0 Å². The van der Waals surface area contributed by atoms with Gasteiger partial charge in [0.1, 0.15) is 36.9 Å². The van der Waals surface area contributed by atoms with Crippen molar-refractivity contribution in [1.29, 1.82) is 0 Å². The van der Waals surface area contributed by atoms with Crippen LogP contribution in [0, 0.1) is 0 Å². The fourth-order valence-electron chi connectivity index (χ4n) is 5.20. The second kappa shape index (κ2) is 13.0. The number of allylic oxidation sites excluding steroid dienone is 4. The van der Waals surface area contributed by atoms with E-state index in [2.05, 4.69) is 26.3 Å². The van der Waals surface area contributed by atoms with E-state index in [4.69, 9.17) is 18.9 Å². The molecule has 2 aromatic rings. The SMILES string of the molecule is C=CCc1cc(C(c2cc(CC=C)c(OCC3CO3)c(CC=C)c2)(C(F)(F)F)C(F)(F)F)cc(CC=C)c1OCC1CO1. The van der Waals surface area contributed by atoms with Gasteiger partial charge in [-0.3, -0.25) is 0 Å². The lowest BCUT2D eigenvalue weighted by molar-refractivity contribution is -0.288. The van der Waals surface area contributed by atoms with Gasteiger partial charge >= 0.3 is 12.4 Å². The maximum Gasteiger partial charge on any atom is 0.411 e. The highest BCUT2D eigenvalue weighted by molar-refractivity contribution is 5.57. The molecule has 2 aliphatic heterocycles. The van der Waals surface area contributed by atoms with Gasteiger partial charge in [0.2, 0.25) is 5.41 Å². The first-order valence-electron chi connectivity index (χ1n) is 13.8. The Morgan fingerprint density at radius 2 is 0.884 bits per heavy atom. The van der Waals surface area contributed by atoms with Crippen molar-refractivity contribution >= 4 is 0 Å². The number of rotatable bonds is 16. The summed E-state index contributed by atoms with van der Waals surface area (Å²) in [5.74, 6) is 0.395. The van der Waals surface area contributed by atoms with Crippen LogP contribution in [-0.4, -0.2) is 51.0 Å². The van der Waals surface area contributed by atoms with Crippen molar-refractivity contribution in [3.63, 3.8) is 0 Å². The summed E-state index contributed by atoms with van der Waals surface area (Å²) >= 11 is 0. The molecule has 2 atom stereocenters. The smallest absolute Gasteiger partial charge is 0.411 e. The third-order valence-corrected chi connectivity index (χ3v) is 7.29. The molecule has 0 bridgehead atoms. The second-order valence-electron chi connectivity index (χ2n) is 10.5. The normalized spacial score (nSPS) is 18.1. The average Bonchev–Trinajstić information content (AvgIpc) is 3.83. The Hall–Kier alpha value is -3.50. The van der Waals surface area contributed by atoms with Crippen molar-refractivity contribution < 1.29 is 45.3 Å². The highest BCUT2D eigenvalue weighted by Crippen LogP contribution is 2.58. The van der Waals surface area contributed by atoms with Crippen LogP contribution in [0.4, 0.5) is 26.3 Å². The summed E-state index contributed by atoms with van der Waals surface area (Å²) in [4.78, 5) is 0. The van der Waals surface area contributed by atoms with E-state index in [0.717, 1.165) is 24.3 Å². The van der Waals surface area contributed by atoms with E-state index in [0.29, 0.717) is 13.2 Å². The molecule has 2 aromatic carbocycles. The average molecular weight is 609 g/mol. The number of hydrogen-bond acceptors (Lipinski definition) is 4. The van der Waals surface area contributed by atoms with Crippen molar-refractivity contribution in [3.05, 3.63) is 108 Å². The van der Waals surface area contributed by atoms with Crippen LogP contribution in [0.15, 0.2) is 74.9 Å².